The zero-order valence-corrected chi connectivity index (χ0v) is 8.99. The maximum atomic E-state index is 5.61. The first kappa shape index (κ1) is 11.8. The number of hydrogen-bond acceptors (Lipinski definition) is 2. The zero-order valence-electron chi connectivity index (χ0n) is 8.18. The van der Waals surface area contributed by atoms with Gasteiger partial charge in [0.1, 0.15) is 0 Å². The van der Waals surface area contributed by atoms with Crippen molar-refractivity contribution in [3.63, 3.8) is 0 Å². The minimum atomic E-state index is 0.744. The van der Waals surface area contributed by atoms with Crippen LogP contribution in [0.2, 0.25) is 0 Å². The van der Waals surface area contributed by atoms with Gasteiger partial charge in [-0.3, -0.25) is 4.99 Å². The van der Waals surface area contributed by atoms with Gasteiger partial charge in [0.25, 0.3) is 0 Å². The van der Waals surface area contributed by atoms with Crippen molar-refractivity contribution in [2.75, 3.05) is 12.3 Å². The number of unbranched alkanes of at least 4 members (excludes halogenated alkanes) is 3. The van der Waals surface area contributed by atoms with E-state index in [-0.39, 0.29) is 0 Å². The number of rotatable bonds is 6. The molecule has 0 aliphatic rings. The highest BCUT2D eigenvalue weighted by Crippen LogP contribution is 2.01. The van der Waals surface area contributed by atoms with Gasteiger partial charge in [-0.25, -0.2) is 0 Å². The molecule has 0 spiro atoms. The zero-order chi connectivity index (χ0) is 9.23. The molecule has 0 atom stereocenters. The van der Waals surface area contributed by atoms with Gasteiger partial charge in [-0.05, 0) is 12.2 Å². The summed E-state index contributed by atoms with van der Waals surface area (Å²) < 4.78 is 0. The summed E-state index contributed by atoms with van der Waals surface area (Å²) in [5, 5.41) is 0.744. The van der Waals surface area contributed by atoms with Gasteiger partial charge in [-0.2, -0.15) is 0 Å². The van der Waals surface area contributed by atoms with Crippen LogP contribution in [0.3, 0.4) is 0 Å². The van der Waals surface area contributed by atoms with Crippen molar-refractivity contribution >= 4 is 16.9 Å². The average Bonchev–Trinajstić information content (AvgIpc) is 2.05. The lowest BCUT2D eigenvalue weighted by molar-refractivity contribution is 0.675. The Bertz CT molecular complexity index is 124. The van der Waals surface area contributed by atoms with Crippen LogP contribution < -0.4 is 5.73 Å². The molecule has 0 aromatic rings. The van der Waals surface area contributed by atoms with Crippen molar-refractivity contribution in [3.8, 4) is 0 Å². The van der Waals surface area contributed by atoms with Crippen molar-refractivity contribution in [3.05, 3.63) is 0 Å². The van der Waals surface area contributed by atoms with E-state index in [2.05, 4.69) is 18.8 Å². The lowest BCUT2D eigenvalue weighted by Crippen LogP contribution is -2.07. The van der Waals surface area contributed by atoms with Crippen LogP contribution in [-0.4, -0.2) is 17.5 Å². The molecule has 0 saturated carbocycles. The summed E-state index contributed by atoms with van der Waals surface area (Å²) in [4.78, 5) is 4.24. The van der Waals surface area contributed by atoms with Gasteiger partial charge in [0.05, 0.1) is 0 Å². The number of thioether (sulfide) groups is 1. The average molecular weight is 188 g/mol. The molecule has 2 nitrogen and oxygen atoms in total. The molecule has 0 aliphatic carbocycles. The fourth-order valence-electron chi connectivity index (χ4n) is 0.921. The van der Waals surface area contributed by atoms with Crippen molar-refractivity contribution < 1.29 is 0 Å². The molecule has 0 bridgehead atoms. The third-order valence-corrected chi connectivity index (χ3v) is 2.29. The molecule has 3 heteroatoms. The Kier molecular flexibility index (Phi) is 8.78. The van der Waals surface area contributed by atoms with Crippen LogP contribution in [0.15, 0.2) is 4.99 Å². The van der Waals surface area contributed by atoms with Gasteiger partial charge < -0.3 is 5.73 Å². The predicted octanol–water partition coefficient (Wildman–Crippen LogP) is 2.63. The van der Waals surface area contributed by atoms with E-state index in [1.165, 1.54) is 25.7 Å². The van der Waals surface area contributed by atoms with E-state index in [9.17, 15) is 0 Å². The number of hydrogen-bond donors (Lipinski definition) is 1. The largest absolute Gasteiger partial charge is 0.379 e. The smallest absolute Gasteiger partial charge is 0.153 e. The quantitative estimate of drug-likeness (QED) is 0.395. The first-order chi connectivity index (χ1) is 5.81. The highest BCUT2D eigenvalue weighted by atomic mass is 32.2. The molecule has 72 valence electrons. The molecule has 0 saturated heterocycles. The lowest BCUT2D eigenvalue weighted by atomic mass is 10.2. The molecular weight excluding hydrogens is 168 g/mol. The van der Waals surface area contributed by atoms with Crippen molar-refractivity contribution in [2.24, 2.45) is 10.7 Å². The van der Waals surface area contributed by atoms with Crippen molar-refractivity contribution in [2.45, 2.75) is 39.5 Å². The molecule has 0 aromatic heterocycles. The summed E-state index contributed by atoms with van der Waals surface area (Å²) in [6, 6.07) is 0. The standard InChI is InChI=1S/C9H20N2S/c1-3-5-6-7-8-11-9(10)12-4-2/h3-8H2,1-2H3,(H2,10,11). The SMILES string of the molecule is CCCCCCN=C(N)SCC. The minimum Gasteiger partial charge on any atom is -0.379 e. The Balaban J connectivity index is 3.21. The van der Waals surface area contributed by atoms with E-state index >= 15 is 0 Å². The Morgan fingerprint density at radius 2 is 2.00 bits per heavy atom. The van der Waals surface area contributed by atoms with Crippen LogP contribution >= 0.6 is 11.8 Å². The van der Waals surface area contributed by atoms with Crippen molar-refractivity contribution in [1.29, 1.82) is 0 Å². The fourth-order valence-corrected chi connectivity index (χ4v) is 1.40. The van der Waals surface area contributed by atoms with E-state index in [1.54, 1.807) is 11.8 Å². The third-order valence-electron chi connectivity index (χ3n) is 1.57. The molecule has 0 aromatic carbocycles. The molecule has 0 unspecified atom stereocenters. The van der Waals surface area contributed by atoms with Crippen LogP contribution in [0, 0.1) is 0 Å². The molecule has 0 rings (SSSR count). The molecular formula is C9H20N2S. The predicted molar refractivity (Wildman–Crippen MR) is 58.8 cm³/mol. The van der Waals surface area contributed by atoms with Gasteiger partial charge >= 0.3 is 0 Å². The summed E-state index contributed by atoms with van der Waals surface area (Å²) in [6.45, 7) is 5.20. The van der Waals surface area contributed by atoms with Gasteiger partial charge in [0.2, 0.25) is 0 Å². The highest BCUT2D eigenvalue weighted by molar-refractivity contribution is 8.13. The normalized spacial score (nSPS) is 12.0. The number of nitrogens with zero attached hydrogens (tertiary/aromatic N) is 1. The fraction of sp³-hybridized carbons (Fsp3) is 0.889. The maximum absolute atomic E-state index is 5.61. The second-order valence-corrected chi connectivity index (χ2v) is 4.00. The second kappa shape index (κ2) is 8.91. The Morgan fingerprint density at radius 1 is 1.25 bits per heavy atom. The van der Waals surface area contributed by atoms with Crippen LogP contribution in [-0.2, 0) is 0 Å². The molecule has 0 amide bonds. The molecule has 0 radical (unpaired) electrons. The molecule has 0 fully saturated rings. The van der Waals surface area contributed by atoms with Crippen LogP contribution in [0.4, 0.5) is 0 Å². The second-order valence-electron chi connectivity index (χ2n) is 2.71. The summed E-state index contributed by atoms with van der Waals surface area (Å²) in [5.41, 5.74) is 5.61. The Morgan fingerprint density at radius 3 is 2.58 bits per heavy atom. The molecule has 0 heterocycles. The topological polar surface area (TPSA) is 38.4 Å². The summed E-state index contributed by atoms with van der Waals surface area (Å²) in [6.07, 6.45) is 5.06. The molecule has 0 aliphatic heterocycles. The van der Waals surface area contributed by atoms with Gasteiger partial charge in [0.15, 0.2) is 5.17 Å². The van der Waals surface area contributed by atoms with E-state index in [4.69, 9.17) is 5.73 Å². The lowest BCUT2D eigenvalue weighted by Gasteiger charge is -1.97. The Hall–Kier alpha value is -0.180. The van der Waals surface area contributed by atoms with Crippen LogP contribution in [0.1, 0.15) is 39.5 Å². The van der Waals surface area contributed by atoms with Crippen molar-refractivity contribution in [1.82, 2.24) is 0 Å². The Labute approximate surface area is 80.0 Å². The first-order valence-corrected chi connectivity index (χ1v) is 5.72. The van der Waals surface area contributed by atoms with Crippen LogP contribution in [0.25, 0.3) is 0 Å². The van der Waals surface area contributed by atoms with Gasteiger partial charge in [-0.1, -0.05) is 44.9 Å². The maximum Gasteiger partial charge on any atom is 0.153 e. The van der Waals surface area contributed by atoms with Gasteiger partial charge in [0, 0.05) is 6.54 Å². The summed E-state index contributed by atoms with van der Waals surface area (Å²) in [7, 11) is 0. The number of nitrogens with two attached hydrogens (primary N) is 1. The summed E-state index contributed by atoms with van der Waals surface area (Å²) in [5.74, 6) is 1.02. The van der Waals surface area contributed by atoms with E-state index in [0.717, 1.165) is 17.5 Å². The number of amidine groups is 1. The van der Waals surface area contributed by atoms with Gasteiger partial charge in [-0.15, -0.1) is 0 Å². The first-order valence-electron chi connectivity index (χ1n) is 4.74. The molecule has 12 heavy (non-hydrogen) atoms. The van der Waals surface area contributed by atoms with E-state index in [0.29, 0.717) is 0 Å². The van der Waals surface area contributed by atoms with E-state index in [1.807, 2.05) is 0 Å². The van der Waals surface area contributed by atoms with E-state index < -0.39 is 0 Å². The minimum absolute atomic E-state index is 0.744. The highest BCUT2D eigenvalue weighted by Gasteiger charge is 1.89. The molecule has 2 N–H and O–H groups in total. The summed E-state index contributed by atoms with van der Waals surface area (Å²) >= 11 is 1.62. The third kappa shape index (κ3) is 7.92. The van der Waals surface area contributed by atoms with Crippen LogP contribution in [0.5, 0.6) is 0 Å². The number of aliphatic imine (C=N–C) groups is 1. The monoisotopic (exact) mass is 188 g/mol.